The number of hydrogen-bond donors (Lipinski definition) is 2. The maximum Gasteiger partial charge on any atom is 0.319 e. The fourth-order valence-electron chi connectivity index (χ4n) is 2.66. The first kappa shape index (κ1) is 14.4. The topological polar surface area (TPSA) is 63.1 Å². The van der Waals surface area contributed by atoms with Gasteiger partial charge in [0.25, 0.3) is 5.56 Å². The Morgan fingerprint density at radius 2 is 2.00 bits per heavy atom. The maximum atomic E-state index is 11.9. The van der Waals surface area contributed by atoms with Crippen molar-refractivity contribution in [1.82, 2.24) is 9.88 Å². The normalized spacial score (nSPS) is 19.5. The summed E-state index contributed by atoms with van der Waals surface area (Å²) < 4.78 is 1.43. The van der Waals surface area contributed by atoms with Crippen molar-refractivity contribution < 1.29 is 4.79 Å². The molecule has 1 aromatic heterocycles. The van der Waals surface area contributed by atoms with Gasteiger partial charge in [-0.1, -0.05) is 30.3 Å². The van der Waals surface area contributed by atoms with E-state index in [1.54, 1.807) is 25.4 Å². The molecule has 2 aromatic rings. The molecule has 5 heteroatoms. The minimum absolute atomic E-state index is 0.216. The molecule has 1 saturated carbocycles. The third-order valence-corrected chi connectivity index (χ3v) is 4.05. The standard InChI is InChI=1S/C17H19N3O2/c1-20-9-5-8-15(16(20)21)19-17(22)18-11-13-10-14(13)12-6-3-2-4-7-12/h2-9,13-14H,10-11H2,1H3,(H2,18,19,22). The van der Waals surface area contributed by atoms with Crippen LogP contribution in [0.4, 0.5) is 10.5 Å². The molecule has 1 aromatic carbocycles. The Bertz CT molecular complexity index is 724. The van der Waals surface area contributed by atoms with Crippen LogP contribution in [-0.4, -0.2) is 17.1 Å². The molecule has 0 radical (unpaired) electrons. The predicted molar refractivity (Wildman–Crippen MR) is 86.0 cm³/mol. The largest absolute Gasteiger partial charge is 0.338 e. The van der Waals surface area contributed by atoms with Crippen LogP contribution in [0, 0.1) is 5.92 Å². The molecule has 0 bridgehead atoms. The molecule has 0 saturated heterocycles. The zero-order chi connectivity index (χ0) is 15.5. The van der Waals surface area contributed by atoms with Crippen LogP contribution in [0.25, 0.3) is 0 Å². The van der Waals surface area contributed by atoms with Gasteiger partial charge in [0.15, 0.2) is 0 Å². The summed E-state index contributed by atoms with van der Waals surface area (Å²) in [6.45, 7) is 0.624. The molecule has 3 rings (SSSR count). The second-order valence-electron chi connectivity index (χ2n) is 5.69. The van der Waals surface area contributed by atoms with Crippen molar-refractivity contribution >= 4 is 11.7 Å². The van der Waals surface area contributed by atoms with Crippen LogP contribution in [-0.2, 0) is 7.05 Å². The van der Waals surface area contributed by atoms with Gasteiger partial charge in [-0.3, -0.25) is 4.79 Å². The first-order valence-corrected chi connectivity index (χ1v) is 7.40. The van der Waals surface area contributed by atoms with E-state index in [0.717, 1.165) is 6.42 Å². The lowest BCUT2D eigenvalue weighted by atomic mass is 10.1. The van der Waals surface area contributed by atoms with Crippen molar-refractivity contribution in [3.05, 3.63) is 64.6 Å². The summed E-state index contributed by atoms with van der Waals surface area (Å²) in [6, 6.07) is 13.3. The van der Waals surface area contributed by atoms with E-state index in [4.69, 9.17) is 0 Å². The fourth-order valence-corrected chi connectivity index (χ4v) is 2.66. The van der Waals surface area contributed by atoms with E-state index in [1.807, 2.05) is 18.2 Å². The highest BCUT2D eigenvalue weighted by Crippen LogP contribution is 2.46. The fraction of sp³-hybridized carbons (Fsp3) is 0.294. The molecular weight excluding hydrogens is 278 g/mol. The van der Waals surface area contributed by atoms with Crippen LogP contribution >= 0.6 is 0 Å². The SMILES string of the molecule is Cn1cccc(NC(=O)NCC2CC2c2ccccc2)c1=O. The van der Waals surface area contributed by atoms with Gasteiger partial charge in [0, 0.05) is 19.8 Å². The molecule has 1 aliphatic rings. The van der Waals surface area contributed by atoms with Crippen molar-refractivity contribution in [2.24, 2.45) is 13.0 Å². The highest BCUT2D eigenvalue weighted by molar-refractivity contribution is 5.88. The van der Waals surface area contributed by atoms with Crippen LogP contribution in [0.2, 0.25) is 0 Å². The molecule has 22 heavy (non-hydrogen) atoms. The molecule has 5 nitrogen and oxygen atoms in total. The Labute approximate surface area is 129 Å². The van der Waals surface area contributed by atoms with Crippen molar-refractivity contribution in [3.8, 4) is 0 Å². The summed E-state index contributed by atoms with van der Waals surface area (Å²) in [5.74, 6) is 1.01. The molecule has 2 N–H and O–H groups in total. The molecule has 1 heterocycles. The summed E-state index contributed by atoms with van der Waals surface area (Å²) in [6.07, 6.45) is 2.75. The van der Waals surface area contributed by atoms with Crippen LogP contribution < -0.4 is 16.2 Å². The van der Waals surface area contributed by atoms with Gasteiger partial charge < -0.3 is 15.2 Å². The number of carbonyl (C=O) groups is 1. The minimum atomic E-state index is -0.331. The van der Waals surface area contributed by atoms with E-state index in [0.29, 0.717) is 18.4 Å². The van der Waals surface area contributed by atoms with Gasteiger partial charge in [-0.15, -0.1) is 0 Å². The number of nitrogens with zero attached hydrogens (tertiary/aromatic N) is 1. The second kappa shape index (κ2) is 6.05. The van der Waals surface area contributed by atoms with Gasteiger partial charge in [-0.05, 0) is 36.0 Å². The van der Waals surface area contributed by atoms with E-state index >= 15 is 0 Å². The number of aromatic nitrogens is 1. The van der Waals surface area contributed by atoms with E-state index in [9.17, 15) is 9.59 Å². The Hall–Kier alpha value is -2.56. The van der Waals surface area contributed by atoms with E-state index in [2.05, 4.69) is 22.8 Å². The Morgan fingerprint density at radius 1 is 1.23 bits per heavy atom. The molecule has 114 valence electrons. The zero-order valence-electron chi connectivity index (χ0n) is 12.5. The van der Waals surface area contributed by atoms with Gasteiger partial charge in [-0.25, -0.2) is 4.79 Å². The molecular formula is C17H19N3O2. The highest BCUT2D eigenvalue weighted by Gasteiger charge is 2.37. The Balaban J connectivity index is 1.50. The van der Waals surface area contributed by atoms with E-state index in [-0.39, 0.29) is 17.3 Å². The van der Waals surface area contributed by atoms with Gasteiger partial charge in [0.1, 0.15) is 5.69 Å². The van der Waals surface area contributed by atoms with Gasteiger partial charge in [0.2, 0.25) is 0 Å². The van der Waals surface area contributed by atoms with E-state index in [1.165, 1.54) is 10.1 Å². The molecule has 1 aliphatic carbocycles. The molecule has 2 unspecified atom stereocenters. The van der Waals surface area contributed by atoms with Crippen molar-refractivity contribution in [2.45, 2.75) is 12.3 Å². The van der Waals surface area contributed by atoms with Crippen molar-refractivity contribution in [2.75, 3.05) is 11.9 Å². The number of benzene rings is 1. The van der Waals surface area contributed by atoms with Crippen LogP contribution in [0.3, 0.4) is 0 Å². The quantitative estimate of drug-likeness (QED) is 0.909. The molecule has 2 atom stereocenters. The van der Waals surface area contributed by atoms with Crippen molar-refractivity contribution in [3.63, 3.8) is 0 Å². The molecule has 0 aliphatic heterocycles. The molecule has 0 spiro atoms. The maximum absolute atomic E-state index is 11.9. The number of hydrogen-bond acceptors (Lipinski definition) is 2. The molecule has 1 fully saturated rings. The third kappa shape index (κ3) is 3.19. The predicted octanol–water partition coefficient (Wildman–Crippen LogP) is 2.31. The van der Waals surface area contributed by atoms with Gasteiger partial charge in [0.05, 0.1) is 0 Å². The summed E-state index contributed by atoms with van der Waals surface area (Å²) in [5.41, 5.74) is 1.40. The Morgan fingerprint density at radius 3 is 2.77 bits per heavy atom. The first-order valence-electron chi connectivity index (χ1n) is 7.40. The summed E-state index contributed by atoms with van der Waals surface area (Å²) in [5, 5.41) is 5.45. The number of aryl methyl sites for hydroxylation is 1. The number of nitrogens with one attached hydrogen (secondary N) is 2. The van der Waals surface area contributed by atoms with E-state index < -0.39 is 0 Å². The lowest BCUT2D eigenvalue weighted by Crippen LogP contribution is -2.33. The summed E-state index contributed by atoms with van der Waals surface area (Å²) in [4.78, 5) is 23.7. The minimum Gasteiger partial charge on any atom is -0.338 e. The zero-order valence-corrected chi connectivity index (χ0v) is 12.5. The summed E-state index contributed by atoms with van der Waals surface area (Å²) in [7, 11) is 1.65. The lowest BCUT2D eigenvalue weighted by Gasteiger charge is -2.08. The van der Waals surface area contributed by atoms with Gasteiger partial charge >= 0.3 is 6.03 Å². The number of pyridine rings is 1. The number of amides is 2. The second-order valence-corrected chi connectivity index (χ2v) is 5.69. The average Bonchev–Trinajstić information content (AvgIpc) is 3.30. The number of rotatable bonds is 4. The van der Waals surface area contributed by atoms with Crippen molar-refractivity contribution in [1.29, 1.82) is 0 Å². The van der Waals surface area contributed by atoms with Crippen LogP contribution in [0.5, 0.6) is 0 Å². The monoisotopic (exact) mass is 297 g/mol. The third-order valence-electron chi connectivity index (χ3n) is 4.05. The first-order chi connectivity index (χ1) is 10.6. The van der Waals surface area contributed by atoms with Crippen LogP contribution in [0.15, 0.2) is 53.5 Å². The smallest absolute Gasteiger partial charge is 0.319 e. The number of anilines is 1. The van der Waals surface area contributed by atoms with Crippen LogP contribution in [0.1, 0.15) is 17.9 Å². The Kier molecular flexibility index (Phi) is 3.96. The van der Waals surface area contributed by atoms with Gasteiger partial charge in [-0.2, -0.15) is 0 Å². The lowest BCUT2D eigenvalue weighted by molar-refractivity contribution is 0.251. The number of urea groups is 1. The average molecular weight is 297 g/mol. The number of carbonyl (C=O) groups excluding carboxylic acids is 1. The highest BCUT2D eigenvalue weighted by atomic mass is 16.2. The summed E-state index contributed by atoms with van der Waals surface area (Å²) >= 11 is 0. The molecule has 2 amide bonds.